The van der Waals surface area contributed by atoms with Crippen molar-refractivity contribution in [1.29, 1.82) is 0 Å². The summed E-state index contributed by atoms with van der Waals surface area (Å²) in [5.74, 6) is -0.0675. The van der Waals surface area contributed by atoms with Gasteiger partial charge in [-0.1, -0.05) is 30.3 Å². The first-order valence-electron chi connectivity index (χ1n) is 8.47. The molecule has 2 unspecified atom stereocenters. The van der Waals surface area contributed by atoms with Gasteiger partial charge in [-0.3, -0.25) is 9.69 Å². The van der Waals surface area contributed by atoms with Crippen molar-refractivity contribution in [2.24, 2.45) is 0 Å². The minimum atomic E-state index is -0.579. The number of likely N-dealkylation sites (N-methyl/N-ethyl adjacent to an activating group) is 1. The van der Waals surface area contributed by atoms with Crippen molar-refractivity contribution in [2.45, 2.75) is 32.4 Å². The first-order valence-corrected chi connectivity index (χ1v) is 8.47. The summed E-state index contributed by atoms with van der Waals surface area (Å²) in [5, 5.41) is 2.46. The van der Waals surface area contributed by atoms with E-state index in [2.05, 4.69) is 46.1 Å². The summed E-state index contributed by atoms with van der Waals surface area (Å²) in [6.07, 6.45) is 0.375. The molecule has 24 heavy (non-hydrogen) atoms. The lowest BCUT2D eigenvalue weighted by Gasteiger charge is -2.30. The van der Waals surface area contributed by atoms with Crippen molar-refractivity contribution in [3.05, 3.63) is 35.9 Å². The summed E-state index contributed by atoms with van der Waals surface area (Å²) in [4.78, 5) is 27.8. The van der Waals surface area contributed by atoms with Gasteiger partial charge in [-0.2, -0.15) is 0 Å². The monoisotopic (exact) mass is 333 g/mol. The van der Waals surface area contributed by atoms with E-state index in [-0.39, 0.29) is 18.5 Å². The van der Waals surface area contributed by atoms with Gasteiger partial charge in [0.25, 0.3) is 0 Å². The van der Waals surface area contributed by atoms with Crippen LogP contribution in [0.25, 0.3) is 0 Å². The van der Waals surface area contributed by atoms with Gasteiger partial charge in [-0.05, 0) is 25.8 Å². The molecule has 2 rings (SSSR count). The smallest absolute Gasteiger partial charge is 0.407 e. The van der Waals surface area contributed by atoms with Crippen molar-refractivity contribution < 1.29 is 14.3 Å². The minimum Gasteiger partial charge on any atom is -0.453 e. The van der Waals surface area contributed by atoms with E-state index >= 15 is 0 Å². The second kappa shape index (κ2) is 8.68. The summed E-state index contributed by atoms with van der Waals surface area (Å²) in [6.45, 7) is 6.61. The number of likely N-dealkylation sites (tertiary alicyclic amines) is 1. The van der Waals surface area contributed by atoms with Gasteiger partial charge in [0, 0.05) is 31.7 Å². The van der Waals surface area contributed by atoms with Crippen LogP contribution in [0.2, 0.25) is 0 Å². The van der Waals surface area contributed by atoms with Gasteiger partial charge in [0.1, 0.15) is 6.54 Å². The summed E-state index contributed by atoms with van der Waals surface area (Å²) < 4.78 is 4.51. The molecule has 0 aromatic heterocycles. The van der Waals surface area contributed by atoms with Crippen LogP contribution in [0.5, 0.6) is 0 Å². The fourth-order valence-corrected chi connectivity index (χ4v) is 3.28. The Hall–Kier alpha value is -2.08. The van der Waals surface area contributed by atoms with Crippen LogP contribution in [0, 0.1) is 0 Å². The lowest BCUT2D eigenvalue weighted by atomic mass is 10.1. The van der Waals surface area contributed by atoms with Crippen LogP contribution < -0.4 is 5.32 Å². The number of hydrogen-bond acceptors (Lipinski definition) is 4. The number of nitrogens with one attached hydrogen (secondary N) is 1. The molecule has 2 atom stereocenters. The van der Waals surface area contributed by atoms with Crippen molar-refractivity contribution >= 4 is 12.0 Å². The van der Waals surface area contributed by atoms with E-state index in [1.54, 1.807) is 0 Å². The topological polar surface area (TPSA) is 61.9 Å². The van der Waals surface area contributed by atoms with Gasteiger partial charge >= 0.3 is 6.09 Å². The zero-order valence-corrected chi connectivity index (χ0v) is 14.7. The second-order valence-electron chi connectivity index (χ2n) is 6.05. The first-order chi connectivity index (χ1) is 11.6. The molecule has 1 aromatic carbocycles. The first kappa shape index (κ1) is 18.3. The predicted molar refractivity (Wildman–Crippen MR) is 92.6 cm³/mol. The van der Waals surface area contributed by atoms with Crippen LogP contribution in [0.4, 0.5) is 4.79 Å². The van der Waals surface area contributed by atoms with E-state index < -0.39 is 6.09 Å². The molecule has 0 aliphatic carbocycles. The van der Waals surface area contributed by atoms with Crippen molar-refractivity contribution in [3.63, 3.8) is 0 Å². The maximum absolute atomic E-state index is 12.4. The highest BCUT2D eigenvalue weighted by molar-refractivity contribution is 5.82. The number of methoxy groups -OCH3 is 1. The van der Waals surface area contributed by atoms with E-state index in [4.69, 9.17) is 0 Å². The molecule has 1 N–H and O–H groups in total. The third-order valence-corrected chi connectivity index (χ3v) is 4.70. The highest BCUT2D eigenvalue weighted by Crippen LogP contribution is 2.26. The molecule has 1 aliphatic rings. The van der Waals surface area contributed by atoms with E-state index in [0.29, 0.717) is 12.6 Å². The maximum Gasteiger partial charge on any atom is 0.407 e. The minimum absolute atomic E-state index is 0.0226. The number of rotatable bonds is 6. The Kier molecular flexibility index (Phi) is 6.61. The molecule has 2 amide bonds. The average molecular weight is 333 g/mol. The van der Waals surface area contributed by atoms with Crippen LogP contribution in [0.15, 0.2) is 30.3 Å². The molecule has 0 radical (unpaired) electrons. The van der Waals surface area contributed by atoms with Crippen LogP contribution in [-0.2, 0) is 9.53 Å². The number of carbonyl (C=O) groups is 2. The van der Waals surface area contributed by atoms with Gasteiger partial charge in [-0.15, -0.1) is 0 Å². The molecule has 1 aliphatic heterocycles. The fourth-order valence-electron chi connectivity index (χ4n) is 3.28. The van der Waals surface area contributed by atoms with Crippen LogP contribution in [-0.4, -0.2) is 61.1 Å². The predicted octanol–water partition coefficient (Wildman–Crippen LogP) is 2.03. The molecule has 6 nitrogen and oxygen atoms in total. The molecule has 0 spiro atoms. The maximum atomic E-state index is 12.4. The van der Waals surface area contributed by atoms with Crippen LogP contribution in [0.3, 0.4) is 0 Å². The number of carbonyl (C=O) groups excluding carboxylic acids is 2. The van der Waals surface area contributed by atoms with Gasteiger partial charge in [0.2, 0.25) is 5.91 Å². The van der Waals surface area contributed by atoms with Gasteiger partial charge in [0.05, 0.1) is 7.11 Å². The summed E-state index contributed by atoms with van der Waals surface area (Å²) >= 11 is 0. The SMILES string of the molecule is CCN(C(=O)CNC(=O)OC)C1CCN(C(C)c2ccccc2)C1. The normalized spacial score (nSPS) is 18.9. The Morgan fingerprint density at radius 3 is 2.71 bits per heavy atom. The van der Waals surface area contributed by atoms with Crippen LogP contribution in [0.1, 0.15) is 31.9 Å². The fraction of sp³-hybridized carbons (Fsp3) is 0.556. The third kappa shape index (κ3) is 4.47. The number of ether oxygens (including phenoxy) is 1. The third-order valence-electron chi connectivity index (χ3n) is 4.70. The largest absolute Gasteiger partial charge is 0.453 e. The van der Waals surface area contributed by atoms with E-state index in [9.17, 15) is 9.59 Å². The number of benzene rings is 1. The molecule has 1 heterocycles. The molecule has 0 bridgehead atoms. The molecule has 6 heteroatoms. The molecule has 0 saturated carbocycles. The molecule has 1 aromatic rings. The summed E-state index contributed by atoms with van der Waals surface area (Å²) in [6, 6.07) is 10.9. The highest BCUT2D eigenvalue weighted by Gasteiger charge is 2.32. The zero-order valence-electron chi connectivity index (χ0n) is 14.7. The highest BCUT2D eigenvalue weighted by atomic mass is 16.5. The summed E-state index contributed by atoms with van der Waals surface area (Å²) in [5.41, 5.74) is 1.29. The Labute approximate surface area is 143 Å². The van der Waals surface area contributed by atoms with Gasteiger partial charge < -0.3 is 15.0 Å². The zero-order chi connectivity index (χ0) is 17.5. The lowest BCUT2D eigenvalue weighted by molar-refractivity contribution is -0.132. The van der Waals surface area contributed by atoms with Crippen molar-refractivity contribution in [3.8, 4) is 0 Å². The Bertz CT molecular complexity index is 550. The van der Waals surface area contributed by atoms with Crippen LogP contribution >= 0.6 is 0 Å². The lowest BCUT2D eigenvalue weighted by Crippen LogP contribution is -2.46. The van der Waals surface area contributed by atoms with Gasteiger partial charge in [-0.25, -0.2) is 4.79 Å². The molecule has 132 valence electrons. The summed E-state index contributed by atoms with van der Waals surface area (Å²) in [7, 11) is 1.29. The number of hydrogen-bond donors (Lipinski definition) is 1. The second-order valence-corrected chi connectivity index (χ2v) is 6.05. The van der Waals surface area contributed by atoms with E-state index in [0.717, 1.165) is 19.5 Å². The Morgan fingerprint density at radius 2 is 2.08 bits per heavy atom. The molecular formula is C18H27N3O3. The van der Waals surface area contributed by atoms with Crippen molar-refractivity contribution in [2.75, 3.05) is 33.3 Å². The van der Waals surface area contributed by atoms with E-state index in [1.807, 2.05) is 17.9 Å². The number of nitrogens with zero attached hydrogens (tertiary/aromatic N) is 2. The molecule has 1 saturated heterocycles. The molecular weight excluding hydrogens is 306 g/mol. The number of alkyl carbamates (subject to hydrolysis) is 1. The molecule has 1 fully saturated rings. The standard InChI is InChI=1S/C18H27N3O3/c1-4-21(17(22)12-19-18(23)24-3)16-10-11-20(13-16)14(2)15-8-6-5-7-9-15/h5-9,14,16H,4,10-13H2,1-3H3,(H,19,23). The Morgan fingerprint density at radius 1 is 1.38 bits per heavy atom. The number of amides is 2. The Balaban J connectivity index is 1.92. The average Bonchev–Trinajstić information content (AvgIpc) is 3.10. The van der Waals surface area contributed by atoms with Crippen molar-refractivity contribution in [1.82, 2.24) is 15.1 Å². The van der Waals surface area contributed by atoms with Gasteiger partial charge in [0.15, 0.2) is 0 Å². The van der Waals surface area contributed by atoms with E-state index in [1.165, 1.54) is 12.7 Å². The quantitative estimate of drug-likeness (QED) is 0.865.